The number of rotatable bonds is 1. The lowest BCUT2D eigenvalue weighted by atomic mass is 9.69. The molecule has 1 fully saturated rings. The van der Waals surface area contributed by atoms with Gasteiger partial charge in [0, 0.05) is 12.0 Å². The minimum Gasteiger partial charge on any atom is -0.298 e. The average Bonchev–Trinajstić information content (AvgIpc) is 2.14. The lowest BCUT2D eigenvalue weighted by Crippen LogP contribution is -2.36. The first kappa shape index (κ1) is 12.0. The molecule has 82 valence electrons. The molecular weight excluding hydrogens is 184 g/mol. The van der Waals surface area contributed by atoms with Crippen molar-refractivity contribution in [1.82, 2.24) is 0 Å². The van der Waals surface area contributed by atoms with Gasteiger partial charge in [-0.25, -0.2) is 0 Å². The molecule has 0 bridgehead atoms. The van der Waals surface area contributed by atoms with Gasteiger partial charge in [0.15, 0.2) is 5.78 Å². The van der Waals surface area contributed by atoms with Crippen LogP contribution < -0.4 is 0 Å². The van der Waals surface area contributed by atoms with Crippen LogP contribution in [-0.2, 0) is 4.79 Å². The molecule has 1 nitrogen and oxygen atoms in total. The Kier molecular flexibility index (Phi) is 3.39. The lowest BCUT2D eigenvalue weighted by molar-refractivity contribution is -0.132. The largest absolute Gasteiger partial charge is 0.298 e. The van der Waals surface area contributed by atoms with Crippen LogP contribution in [0.25, 0.3) is 0 Å². The zero-order valence-electron chi connectivity index (χ0n) is 10.4. The molecule has 1 atom stereocenters. The third kappa shape index (κ3) is 2.50. The molecule has 0 radical (unpaired) electrons. The molecule has 1 aliphatic rings. The third-order valence-electron chi connectivity index (χ3n) is 3.06. The maximum absolute atomic E-state index is 11.4. The van der Waals surface area contributed by atoms with Crippen LogP contribution in [0, 0.1) is 23.2 Å². The van der Waals surface area contributed by atoms with Gasteiger partial charge < -0.3 is 0 Å². The zero-order valence-corrected chi connectivity index (χ0v) is 10.4. The number of allylic oxidation sites excluding steroid dienone is 2. The Labute approximate surface area is 92.9 Å². The number of ketones is 1. The van der Waals surface area contributed by atoms with Crippen LogP contribution >= 0.6 is 0 Å². The fraction of sp³-hybridized carbons (Fsp3) is 0.643. The van der Waals surface area contributed by atoms with Gasteiger partial charge in [0.25, 0.3) is 0 Å². The Morgan fingerprint density at radius 2 is 2.00 bits per heavy atom. The van der Waals surface area contributed by atoms with E-state index in [1.165, 1.54) is 11.1 Å². The second kappa shape index (κ2) is 4.23. The molecule has 0 saturated heterocycles. The van der Waals surface area contributed by atoms with Crippen molar-refractivity contribution in [3.05, 3.63) is 11.1 Å². The van der Waals surface area contributed by atoms with Crippen molar-refractivity contribution in [3.63, 3.8) is 0 Å². The average molecular weight is 204 g/mol. The Morgan fingerprint density at radius 1 is 1.40 bits per heavy atom. The van der Waals surface area contributed by atoms with Gasteiger partial charge in [-0.05, 0) is 33.1 Å². The van der Waals surface area contributed by atoms with Crippen LogP contribution in [0.15, 0.2) is 11.1 Å². The summed E-state index contributed by atoms with van der Waals surface area (Å²) in [5.74, 6) is 7.09. The van der Waals surface area contributed by atoms with E-state index in [4.69, 9.17) is 0 Å². The molecule has 1 aliphatic carbocycles. The summed E-state index contributed by atoms with van der Waals surface area (Å²) in [6.07, 6.45) is 1.63. The summed E-state index contributed by atoms with van der Waals surface area (Å²) in [5.41, 5.74) is 2.08. The molecule has 1 heteroatoms. The summed E-state index contributed by atoms with van der Waals surface area (Å²) in [4.78, 5) is 11.4. The van der Waals surface area contributed by atoms with Crippen LogP contribution in [0.2, 0.25) is 0 Å². The maximum atomic E-state index is 11.4. The molecule has 0 aromatic rings. The van der Waals surface area contributed by atoms with Crippen LogP contribution in [0.4, 0.5) is 0 Å². The van der Waals surface area contributed by atoms with Crippen molar-refractivity contribution in [2.24, 2.45) is 11.3 Å². The third-order valence-corrected chi connectivity index (χ3v) is 3.06. The van der Waals surface area contributed by atoms with E-state index in [0.29, 0.717) is 18.1 Å². The van der Waals surface area contributed by atoms with Gasteiger partial charge >= 0.3 is 0 Å². The topological polar surface area (TPSA) is 17.1 Å². The molecule has 15 heavy (non-hydrogen) atoms. The highest BCUT2D eigenvalue weighted by Crippen LogP contribution is 2.35. The van der Waals surface area contributed by atoms with Crippen molar-refractivity contribution in [2.45, 2.75) is 47.5 Å². The van der Waals surface area contributed by atoms with Crippen molar-refractivity contribution in [3.8, 4) is 11.8 Å². The van der Waals surface area contributed by atoms with Crippen LogP contribution in [0.1, 0.15) is 47.5 Å². The minimum absolute atomic E-state index is 0.298. The normalized spacial score (nSPS) is 24.3. The second-order valence-electron chi connectivity index (χ2n) is 5.07. The van der Waals surface area contributed by atoms with Crippen molar-refractivity contribution >= 4 is 5.78 Å². The van der Waals surface area contributed by atoms with E-state index in [1.54, 1.807) is 0 Å². The second-order valence-corrected chi connectivity index (χ2v) is 5.07. The fourth-order valence-corrected chi connectivity index (χ4v) is 1.79. The summed E-state index contributed by atoms with van der Waals surface area (Å²) < 4.78 is 0. The van der Waals surface area contributed by atoms with Crippen LogP contribution in [-0.4, -0.2) is 5.78 Å². The molecule has 1 saturated carbocycles. The van der Waals surface area contributed by atoms with Gasteiger partial charge in [-0.3, -0.25) is 4.79 Å². The summed E-state index contributed by atoms with van der Waals surface area (Å²) >= 11 is 0. The molecule has 0 N–H and O–H groups in total. The van der Waals surface area contributed by atoms with E-state index in [9.17, 15) is 4.79 Å². The summed E-state index contributed by atoms with van der Waals surface area (Å²) in [6, 6.07) is 0. The Hall–Kier alpha value is -1.03. The molecule has 0 aromatic carbocycles. The van der Waals surface area contributed by atoms with E-state index < -0.39 is 0 Å². The molecule has 0 heterocycles. The molecular formula is C14H20O. The summed E-state index contributed by atoms with van der Waals surface area (Å²) in [7, 11) is 0. The summed E-state index contributed by atoms with van der Waals surface area (Å²) in [5, 5.41) is 0. The highest BCUT2D eigenvalue weighted by atomic mass is 16.1. The lowest BCUT2D eigenvalue weighted by Gasteiger charge is -2.30. The Morgan fingerprint density at radius 3 is 2.27 bits per heavy atom. The Bertz CT molecular complexity index is 359. The maximum Gasteiger partial charge on any atom is 0.150 e. The molecule has 0 spiro atoms. The van der Waals surface area contributed by atoms with Gasteiger partial charge in [0.05, 0.1) is 5.41 Å². The van der Waals surface area contributed by atoms with Gasteiger partial charge in [-0.15, -0.1) is 0 Å². The Balaban J connectivity index is 2.89. The van der Waals surface area contributed by atoms with Crippen molar-refractivity contribution in [1.29, 1.82) is 0 Å². The number of Topliss-reactive ketones (excluding diaryl/α,β-unsaturated/α-hetero) is 1. The molecule has 1 rings (SSSR count). The van der Waals surface area contributed by atoms with E-state index in [-0.39, 0.29) is 5.41 Å². The number of hydrogen-bond acceptors (Lipinski definition) is 1. The zero-order chi connectivity index (χ0) is 11.6. The first-order valence-corrected chi connectivity index (χ1v) is 5.60. The minimum atomic E-state index is -0.352. The predicted octanol–water partition coefficient (Wildman–Crippen LogP) is 3.35. The standard InChI is InChI=1S/C14H20O/c1-10(2)12(11(3)4)6-8-14(5)9-7-13(14)15/h10H,7,9H2,1-5H3. The molecule has 0 aromatic heterocycles. The molecule has 0 aliphatic heterocycles. The predicted molar refractivity (Wildman–Crippen MR) is 63.3 cm³/mol. The first-order chi connectivity index (χ1) is 6.87. The summed E-state index contributed by atoms with van der Waals surface area (Å²) in [6.45, 7) is 10.4. The van der Waals surface area contributed by atoms with Crippen LogP contribution in [0.5, 0.6) is 0 Å². The SMILES string of the molecule is CC(C)=C(C#CC1(C)CCC1=O)C(C)C. The van der Waals surface area contributed by atoms with E-state index in [0.717, 1.165) is 6.42 Å². The van der Waals surface area contributed by atoms with Crippen molar-refractivity contribution in [2.75, 3.05) is 0 Å². The number of carbonyl (C=O) groups excluding carboxylic acids is 1. The van der Waals surface area contributed by atoms with Crippen molar-refractivity contribution < 1.29 is 4.79 Å². The fourth-order valence-electron chi connectivity index (χ4n) is 1.79. The van der Waals surface area contributed by atoms with E-state index in [1.807, 2.05) is 6.92 Å². The number of carbonyl (C=O) groups is 1. The van der Waals surface area contributed by atoms with Crippen LogP contribution in [0.3, 0.4) is 0 Å². The highest BCUT2D eigenvalue weighted by molar-refractivity contribution is 5.93. The quantitative estimate of drug-likeness (QED) is 0.599. The monoisotopic (exact) mass is 204 g/mol. The van der Waals surface area contributed by atoms with Gasteiger partial charge in [-0.2, -0.15) is 0 Å². The van der Waals surface area contributed by atoms with E-state index >= 15 is 0 Å². The smallest absolute Gasteiger partial charge is 0.150 e. The molecule has 1 unspecified atom stereocenters. The van der Waals surface area contributed by atoms with Gasteiger partial charge in [0.2, 0.25) is 0 Å². The van der Waals surface area contributed by atoms with Gasteiger partial charge in [0.1, 0.15) is 0 Å². The van der Waals surface area contributed by atoms with E-state index in [2.05, 4.69) is 39.5 Å². The van der Waals surface area contributed by atoms with Gasteiger partial charge in [-0.1, -0.05) is 31.3 Å². The first-order valence-electron chi connectivity index (χ1n) is 5.60. The number of hydrogen-bond donors (Lipinski definition) is 0. The molecule has 0 amide bonds. The highest BCUT2D eigenvalue weighted by Gasteiger charge is 2.39.